The van der Waals surface area contributed by atoms with Gasteiger partial charge in [-0.15, -0.1) is 0 Å². The van der Waals surface area contributed by atoms with Crippen LogP contribution in [0.2, 0.25) is 0 Å². The van der Waals surface area contributed by atoms with Gasteiger partial charge in [-0.05, 0) is 35.6 Å². The fraction of sp³-hybridized carbons (Fsp3) is 0.211. The lowest BCUT2D eigenvalue weighted by atomic mass is 9.76. The summed E-state index contributed by atoms with van der Waals surface area (Å²) in [4.78, 5) is 22.5. The minimum absolute atomic E-state index is 0.0341. The van der Waals surface area contributed by atoms with Gasteiger partial charge in [0.05, 0.1) is 22.2 Å². The highest BCUT2D eigenvalue weighted by Crippen LogP contribution is 2.51. The molecule has 132 valence electrons. The highest BCUT2D eigenvalue weighted by Gasteiger charge is 2.40. The lowest BCUT2D eigenvalue weighted by molar-refractivity contribution is -0.384. The number of halogens is 1. The van der Waals surface area contributed by atoms with Crippen molar-refractivity contribution >= 4 is 33.3 Å². The number of anilines is 1. The number of non-ortho nitro benzene ring substituents is 1. The van der Waals surface area contributed by atoms with Crippen LogP contribution in [0.4, 0.5) is 11.4 Å². The van der Waals surface area contributed by atoms with Gasteiger partial charge >= 0.3 is 5.97 Å². The molecule has 0 aromatic heterocycles. The standard InChI is InChI=1S/C19H15BrN2O4/c20-11-8-15-13-5-2-6-14(13)17(21-18(15)16(9-11)19(23)24)10-3-1-4-12(7-10)22(25)26/h1-5,7-9,13-14,17,21H,6H2,(H,23,24)/t13-,14+,17-/m1/s1. The second kappa shape index (κ2) is 6.25. The SMILES string of the molecule is O=C(O)c1cc(Br)cc2c1N[C@H](c1cccc([N+](=O)[O-])c1)[C@H]1CC=C[C@@H]21. The van der Waals surface area contributed by atoms with Gasteiger partial charge in [0.25, 0.3) is 5.69 Å². The smallest absolute Gasteiger partial charge is 0.337 e. The zero-order chi connectivity index (χ0) is 18.4. The van der Waals surface area contributed by atoms with Crippen LogP contribution in [-0.2, 0) is 0 Å². The molecular formula is C19H15BrN2O4. The molecule has 2 N–H and O–H groups in total. The summed E-state index contributed by atoms with van der Waals surface area (Å²) in [6.45, 7) is 0. The number of fused-ring (bicyclic) bond motifs is 3. The molecule has 0 saturated carbocycles. The number of nitrogens with one attached hydrogen (secondary N) is 1. The summed E-state index contributed by atoms with van der Waals surface area (Å²) < 4.78 is 0.725. The normalized spacial score (nSPS) is 23.0. The van der Waals surface area contributed by atoms with E-state index in [4.69, 9.17) is 0 Å². The molecule has 0 amide bonds. The van der Waals surface area contributed by atoms with Gasteiger partial charge in [-0.25, -0.2) is 4.79 Å². The molecule has 2 aliphatic rings. The summed E-state index contributed by atoms with van der Waals surface area (Å²) in [5.41, 5.74) is 2.56. The molecule has 0 unspecified atom stereocenters. The number of carboxylic acid groups (broad SMARTS) is 1. The first kappa shape index (κ1) is 16.8. The van der Waals surface area contributed by atoms with Crippen molar-refractivity contribution in [3.63, 3.8) is 0 Å². The summed E-state index contributed by atoms with van der Waals surface area (Å²) in [6.07, 6.45) is 5.03. The zero-order valence-electron chi connectivity index (χ0n) is 13.6. The largest absolute Gasteiger partial charge is 0.478 e. The number of rotatable bonds is 3. The number of allylic oxidation sites excluding steroid dienone is 2. The summed E-state index contributed by atoms with van der Waals surface area (Å²) in [5.74, 6) is -0.750. The Morgan fingerprint density at radius 3 is 2.85 bits per heavy atom. The van der Waals surface area contributed by atoms with E-state index in [1.165, 1.54) is 6.07 Å². The number of carboxylic acids is 1. The van der Waals surface area contributed by atoms with E-state index >= 15 is 0 Å². The molecule has 0 fully saturated rings. The minimum atomic E-state index is -1.01. The molecule has 1 aliphatic carbocycles. The summed E-state index contributed by atoms with van der Waals surface area (Å²) in [6, 6.07) is 9.89. The second-order valence-electron chi connectivity index (χ2n) is 6.55. The molecule has 1 heterocycles. The molecule has 2 aromatic rings. The third kappa shape index (κ3) is 2.68. The van der Waals surface area contributed by atoms with Crippen LogP contribution in [0, 0.1) is 16.0 Å². The van der Waals surface area contributed by atoms with Gasteiger partial charge in [-0.3, -0.25) is 10.1 Å². The maximum absolute atomic E-state index is 11.7. The number of nitrogens with zero attached hydrogens (tertiary/aromatic N) is 1. The minimum Gasteiger partial charge on any atom is -0.478 e. The maximum atomic E-state index is 11.7. The van der Waals surface area contributed by atoms with Gasteiger partial charge in [0.1, 0.15) is 0 Å². The lowest BCUT2D eigenvalue weighted by Gasteiger charge is -2.38. The topological polar surface area (TPSA) is 92.5 Å². The van der Waals surface area contributed by atoms with E-state index in [0.717, 1.165) is 22.0 Å². The van der Waals surface area contributed by atoms with Crippen LogP contribution in [-0.4, -0.2) is 16.0 Å². The number of hydrogen-bond acceptors (Lipinski definition) is 4. The van der Waals surface area contributed by atoms with Crippen LogP contribution in [0.3, 0.4) is 0 Å². The molecule has 0 bridgehead atoms. The van der Waals surface area contributed by atoms with Crippen LogP contribution in [0.5, 0.6) is 0 Å². The number of nitro benzene ring substituents is 1. The first-order valence-electron chi connectivity index (χ1n) is 8.20. The van der Waals surface area contributed by atoms with Gasteiger partial charge < -0.3 is 10.4 Å². The zero-order valence-corrected chi connectivity index (χ0v) is 15.1. The molecular weight excluding hydrogens is 400 g/mol. The number of aromatic carboxylic acids is 1. The lowest BCUT2D eigenvalue weighted by Crippen LogP contribution is -2.30. The molecule has 6 nitrogen and oxygen atoms in total. The van der Waals surface area contributed by atoms with Crippen LogP contribution < -0.4 is 5.32 Å². The Bertz CT molecular complexity index is 957. The average molecular weight is 415 g/mol. The fourth-order valence-electron chi connectivity index (χ4n) is 3.99. The van der Waals surface area contributed by atoms with Crippen molar-refractivity contribution < 1.29 is 14.8 Å². The van der Waals surface area contributed by atoms with Gasteiger partial charge in [0, 0.05) is 22.5 Å². The molecule has 0 spiro atoms. The van der Waals surface area contributed by atoms with Gasteiger partial charge in [-0.1, -0.05) is 40.2 Å². The maximum Gasteiger partial charge on any atom is 0.337 e. The Morgan fingerprint density at radius 1 is 1.31 bits per heavy atom. The summed E-state index contributed by atoms with van der Waals surface area (Å²) >= 11 is 3.40. The van der Waals surface area contributed by atoms with E-state index in [9.17, 15) is 20.0 Å². The van der Waals surface area contributed by atoms with Crippen molar-refractivity contribution in [3.05, 3.63) is 79.8 Å². The molecule has 1 aliphatic heterocycles. The Hall–Kier alpha value is -2.67. The third-order valence-corrected chi connectivity index (χ3v) is 5.56. The van der Waals surface area contributed by atoms with Crippen LogP contribution in [0.25, 0.3) is 0 Å². The van der Waals surface area contributed by atoms with Crippen molar-refractivity contribution in [1.82, 2.24) is 0 Å². The van der Waals surface area contributed by atoms with Crippen LogP contribution in [0.1, 0.15) is 39.9 Å². The predicted molar refractivity (Wildman–Crippen MR) is 101 cm³/mol. The van der Waals surface area contributed by atoms with E-state index in [1.807, 2.05) is 12.1 Å². The number of benzene rings is 2. The fourth-order valence-corrected chi connectivity index (χ4v) is 4.47. The molecule has 4 rings (SSSR count). The monoisotopic (exact) mass is 414 g/mol. The van der Waals surface area contributed by atoms with Crippen molar-refractivity contribution in [2.45, 2.75) is 18.4 Å². The number of nitro groups is 1. The quantitative estimate of drug-likeness (QED) is 0.424. The molecule has 26 heavy (non-hydrogen) atoms. The van der Waals surface area contributed by atoms with Crippen molar-refractivity contribution in [1.29, 1.82) is 0 Å². The molecule has 2 aromatic carbocycles. The van der Waals surface area contributed by atoms with Crippen molar-refractivity contribution in [3.8, 4) is 0 Å². The molecule has 0 radical (unpaired) electrons. The third-order valence-electron chi connectivity index (χ3n) is 5.10. The van der Waals surface area contributed by atoms with Crippen molar-refractivity contribution in [2.24, 2.45) is 5.92 Å². The van der Waals surface area contributed by atoms with Crippen LogP contribution >= 0.6 is 15.9 Å². The number of carbonyl (C=O) groups is 1. The Morgan fingerprint density at radius 2 is 2.12 bits per heavy atom. The van der Waals surface area contributed by atoms with E-state index in [1.54, 1.807) is 18.2 Å². The van der Waals surface area contributed by atoms with Gasteiger partial charge in [0.15, 0.2) is 0 Å². The molecule has 7 heteroatoms. The highest BCUT2D eigenvalue weighted by atomic mass is 79.9. The Labute approximate surface area is 157 Å². The van der Waals surface area contributed by atoms with E-state index < -0.39 is 10.9 Å². The average Bonchev–Trinajstić information content (AvgIpc) is 3.10. The second-order valence-corrected chi connectivity index (χ2v) is 7.47. The molecule has 3 atom stereocenters. The highest BCUT2D eigenvalue weighted by molar-refractivity contribution is 9.10. The summed E-state index contributed by atoms with van der Waals surface area (Å²) in [5, 5.41) is 24.1. The Kier molecular flexibility index (Phi) is 4.03. The van der Waals surface area contributed by atoms with E-state index in [2.05, 4.69) is 33.4 Å². The van der Waals surface area contributed by atoms with E-state index in [0.29, 0.717) is 5.69 Å². The first-order chi connectivity index (χ1) is 12.5. The first-order valence-corrected chi connectivity index (χ1v) is 8.99. The van der Waals surface area contributed by atoms with Gasteiger partial charge in [-0.2, -0.15) is 0 Å². The Balaban J connectivity index is 1.85. The molecule has 0 saturated heterocycles. The van der Waals surface area contributed by atoms with E-state index in [-0.39, 0.29) is 29.1 Å². The van der Waals surface area contributed by atoms with Gasteiger partial charge in [0.2, 0.25) is 0 Å². The van der Waals surface area contributed by atoms with Crippen molar-refractivity contribution in [2.75, 3.05) is 5.32 Å². The summed E-state index contributed by atoms with van der Waals surface area (Å²) in [7, 11) is 0. The van der Waals surface area contributed by atoms with Crippen LogP contribution in [0.15, 0.2) is 53.0 Å². The number of hydrogen-bond donors (Lipinski definition) is 2. The predicted octanol–water partition coefficient (Wildman–Crippen LogP) is 4.88.